The van der Waals surface area contributed by atoms with Gasteiger partial charge in [0, 0.05) is 35.4 Å². The first-order valence-electron chi connectivity index (χ1n) is 7.03. The summed E-state index contributed by atoms with van der Waals surface area (Å²) in [7, 11) is 3.95. The van der Waals surface area contributed by atoms with Gasteiger partial charge in [-0.3, -0.25) is 0 Å². The molecular formula is C17H17FN2OS. The van der Waals surface area contributed by atoms with Crippen LogP contribution in [0, 0.1) is 0 Å². The van der Waals surface area contributed by atoms with Crippen LogP contribution in [0.3, 0.4) is 0 Å². The first-order valence-corrected chi connectivity index (χ1v) is 7.85. The molecule has 0 spiro atoms. The topological polar surface area (TPSA) is 25.4 Å². The second kappa shape index (κ2) is 6.32. The molecule has 0 radical (unpaired) electrons. The third-order valence-corrected chi connectivity index (χ3v) is 4.47. The highest BCUT2D eigenvalue weighted by atomic mass is 32.1. The molecule has 0 amide bonds. The number of ether oxygens (including phenoxy) is 1. The van der Waals surface area contributed by atoms with Crippen LogP contribution in [-0.4, -0.2) is 32.4 Å². The van der Waals surface area contributed by atoms with E-state index in [4.69, 9.17) is 4.74 Å². The fourth-order valence-corrected chi connectivity index (χ4v) is 3.28. The molecule has 3 nitrogen and oxygen atoms in total. The molecule has 0 N–H and O–H groups in total. The van der Waals surface area contributed by atoms with E-state index in [0.29, 0.717) is 5.75 Å². The van der Waals surface area contributed by atoms with Gasteiger partial charge >= 0.3 is 0 Å². The van der Waals surface area contributed by atoms with Gasteiger partial charge in [0.25, 0.3) is 0 Å². The number of fused-ring (bicyclic) bond motifs is 1. The van der Waals surface area contributed by atoms with E-state index in [2.05, 4.69) is 17.1 Å². The van der Waals surface area contributed by atoms with E-state index in [0.717, 1.165) is 26.3 Å². The average molecular weight is 316 g/mol. The van der Waals surface area contributed by atoms with Crippen LogP contribution in [0.15, 0.2) is 42.6 Å². The van der Waals surface area contributed by atoms with Gasteiger partial charge in [0.2, 0.25) is 0 Å². The summed E-state index contributed by atoms with van der Waals surface area (Å²) < 4.78 is 18.6. The van der Waals surface area contributed by atoms with Crippen molar-refractivity contribution in [2.75, 3.05) is 32.3 Å². The Morgan fingerprint density at radius 1 is 1.18 bits per heavy atom. The molecule has 0 aliphatic carbocycles. The number of thiophene rings is 1. The molecule has 0 aliphatic heterocycles. The minimum absolute atomic E-state index is 0.0969. The number of anilines is 1. The van der Waals surface area contributed by atoms with Crippen LogP contribution < -0.4 is 9.64 Å². The summed E-state index contributed by atoms with van der Waals surface area (Å²) in [5.74, 6) is 1.64. The second-order valence-electron chi connectivity index (χ2n) is 5.15. The lowest BCUT2D eigenvalue weighted by molar-refractivity contribution is 0.273. The molecule has 5 heteroatoms. The summed E-state index contributed by atoms with van der Waals surface area (Å²) in [6, 6.07) is 12.1. The quantitative estimate of drug-likeness (QED) is 0.698. The maximum atomic E-state index is 12.2. The highest BCUT2D eigenvalue weighted by Crippen LogP contribution is 2.35. The molecule has 2 aromatic heterocycles. The Morgan fingerprint density at radius 2 is 2.05 bits per heavy atom. The molecule has 0 unspecified atom stereocenters. The van der Waals surface area contributed by atoms with E-state index in [1.54, 1.807) is 11.3 Å². The zero-order valence-electron chi connectivity index (χ0n) is 12.5. The van der Waals surface area contributed by atoms with Crippen LogP contribution in [0.2, 0.25) is 0 Å². The Balaban J connectivity index is 1.90. The second-order valence-corrected chi connectivity index (χ2v) is 6.23. The van der Waals surface area contributed by atoms with E-state index in [1.807, 2.05) is 49.5 Å². The SMILES string of the molecule is CN(C)c1ccc(-c2cc3ccc(OCCF)cc3s2)cn1. The predicted octanol–water partition coefficient (Wildman–Crippen LogP) is 4.38. The molecular weight excluding hydrogens is 299 g/mol. The van der Waals surface area contributed by atoms with E-state index < -0.39 is 6.67 Å². The maximum absolute atomic E-state index is 12.2. The van der Waals surface area contributed by atoms with Gasteiger partial charge in [-0.05, 0) is 41.8 Å². The number of halogens is 1. The van der Waals surface area contributed by atoms with Gasteiger partial charge in [-0.1, -0.05) is 0 Å². The zero-order valence-corrected chi connectivity index (χ0v) is 13.4. The Bertz CT molecular complexity index is 768. The number of benzene rings is 1. The number of hydrogen-bond acceptors (Lipinski definition) is 4. The molecule has 3 aromatic rings. The Kier molecular flexibility index (Phi) is 4.24. The fraction of sp³-hybridized carbons (Fsp3) is 0.235. The average Bonchev–Trinajstić information content (AvgIpc) is 2.96. The van der Waals surface area contributed by atoms with Crippen molar-refractivity contribution in [3.8, 4) is 16.2 Å². The van der Waals surface area contributed by atoms with E-state index in [-0.39, 0.29) is 6.61 Å². The minimum Gasteiger partial charge on any atom is -0.491 e. The summed E-state index contributed by atoms with van der Waals surface area (Å²) in [6.07, 6.45) is 1.89. The standard InChI is InChI=1S/C17H17FN2OS/c1-20(2)17-6-4-13(11-19-17)15-9-12-3-5-14(21-8-7-18)10-16(12)22-15/h3-6,9-11H,7-8H2,1-2H3. The van der Waals surface area contributed by atoms with Gasteiger partial charge in [0.15, 0.2) is 0 Å². The highest BCUT2D eigenvalue weighted by Gasteiger charge is 2.07. The summed E-state index contributed by atoms with van der Waals surface area (Å²) >= 11 is 1.68. The summed E-state index contributed by atoms with van der Waals surface area (Å²) in [5, 5.41) is 1.16. The Morgan fingerprint density at radius 3 is 2.73 bits per heavy atom. The van der Waals surface area contributed by atoms with Crippen molar-refractivity contribution in [3.05, 3.63) is 42.6 Å². The minimum atomic E-state index is -0.475. The van der Waals surface area contributed by atoms with Gasteiger partial charge in [0.05, 0.1) is 0 Å². The summed E-state index contributed by atoms with van der Waals surface area (Å²) in [6.45, 7) is -0.378. The van der Waals surface area contributed by atoms with Gasteiger partial charge in [-0.25, -0.2) is 9.37 Å². The zero-order chi connectivity index (χ0) is 15.5. The van der Waals surface area contributed by atoms with E-state index >= 15 is 0 Å². The van der Waals surface area contributed by atoms with Crippen molar-refractivity contribution in [2.45, 2.75) is 0 Å². The normalized spacial score (nSPS) is 10.9. The molecule has 114 valence electrons. The van der Waals surface area contributed by atoms with Crippen LogP contribution in [0.25, 0.3) is 20.5 Å². The van der Waals surface area contributed by atoms with Crippen LogP contribution in [-0.2, 0) is 0 Å². The first kappa shape index (κ1) is 14.8. The van der Waals surface area contributed by atoms with Crippen LogP contribution in [0.1, 0.15) is 0 Å². The smallest absolute Gasteiger partial charge is 0.127 e. The predicted molar refractivity (Wildman–Crippen MR) is 90.9 cm³/mol. The number of hydrogen-bond donors (Lipinski definition) is 0. The first-order chi connectivity index (χ1) is 10.7. The van der Waals surface area contributed by atoms with Crippen LogP contribution >= 0.6 is 11.3 Å². The molecule has 0 saturated heterocycles. The number of pyridine rings is 1. The van der Waals surface area contributed by atoms with Crippen molar-refractivity contribution in [3.63, 3.8) is 0 Å². The van der Waals surface area contributed by atoms with Crippen LogP contribution in [0.5, 0.6) is 5.75 Å². The van der Waals surface area contributed by atoms with Crippen molar-refractivity contribution < 1.29 is 9.13 Å². The molecule has 22 heavy (non-hydrogen) atoms. The fourth-order valence-electron chi connectivity index (χ4n) is 2.20. The van der Waals surface area contributed by atoms with E-state index in [9.17, 15) is 4.39 Å². The lowest BCUT2D eigenvalue weighted by Gasteiger charge is -2.10. The van der Waals surface area contributed by atoms with Crippen molar-refractivity contribution in [1.82, 2.24) is 4.98 Å². The van der Waals surface area contributed by atoms with Crippen molar-refractivity contribution in [2.24, 2.45) is 0 Å². The molecule has 0 atom stereocenters. The molecule has 0 aliphatic rings. The number of alkyl halides is 1. The largest absolute Gasteiger partial charge is 0.491 e. The van der Waals surface area contributed by atoms with Crippen LogP contribution in [0.4, 0.5) is 10.2 Å². The summed E-state index contributed by atoms with van der Waals surface area (Å²) in [5.41, 5.74) is 1.10. The number of aromatic nitrogens is 1. The van der Waals surface area contributed by atoms with Crippen molar-refractivity contribution in [1.29, 1.82) is 0 Å². The lowest BCUT2D eigenvalue weighted by Crippen LogP contribution is -2.09. The van der Waals surface area contributed by atoms with Gasteiger partial charge < -0.3 is 9.64 Å². The van der Waals surface area contributed by atoms with Crippen molar-refractivity contribution >= 4 is 27.2 Å². The van der Waals surface area contributed by atoms with Gasteiger partial charge in [0.1, 0.15) is 24.8 Å². The Hall–Kier alpha value is -2.14. The molecule has 2 heterocycles. The Labute approximate surface area is 133 Å². The van der Waals surface area contributed by atoms with Gasteiger partial charge in [-0.2, -0.15) is 0 Å². The molecule has 0 fully saturated rings. The third kappa shape index (κ3) is 3.04. The lowest BCUT2D eigenvalue weighted by atomic mass is 10.2. The number of nitrogens with zero attached hydrogens (tertiary/aromatic N) is 2. The monoisotopic (exact) mass is 316 g/mol. The molecule has 3 rings (SSSR count). The maximum Gasteiger partial charge on any atom is 0.127 e. The molecule has 0 bridgehead atoms. The van der Waals surface area contributed by atoms with E-state index in [1.165, 1.54) is 0 Å². The van der Waals surface area contributed by atoms with Gasteiger partial charge in [-0.15, -0.1) is 11.3 Å². The molecule has 1 aromatic carbocycles. The summed E-state index contributed by atoms with van der Waals surface area (Å²) in [4.78, 5) is 7.59. The highest BCUT2D eigenvalue weighted by molar-refractivity contribution is 7.22. The number of rotatable bonds is 5. The molecule has 0 saturated carbocycles. The third-order valence-electron chi connectivity index (χ3n) is 3.33.